The summed E-state index contributed by atoms with van der Waals surface area (Å²) in [6.45, 7) is 3.55. The molecule has 160 valence electrons. The summed E-state index contributed by atoms with van der Waals surface area (Å²) in [5, 5.41) is 0.456. The Kier molecular flexibility index (Phi) is 7.66. The van der Waals surface area contributed by atoms with Crippen molar-refractivity contribution in [2.24, 2.45) is 17.4 Å². The van der Waals surface area contributed by atoms with Crippen molar-refractivity contribution in [2.75, 3.05) is 19.6 Å². The Morgan fingerprint density at radius 3 is 2.55 bits per heavy atom. The van der Waals surface area contributed by atoms with E-state index in [2.05, 4.69) is 0 Å². The van der Waals surface area contributed by atoms with Crippen LogP contribution in [0.4, 0.5) is 13.3 Å². The first-order chi connectivity index (χ1) is 13.6. The van der Waals surface area contributed by atoms with Crippen LogP contribution in [-0.4, -0.2) is 47.5 Å². The van der Waals surface area contributed by atoms with Crippen LogP contribution in [-0.2, 0) is 16.0 Å². The number of benzene rings is 1. The van der Waals surface area contributed by atoms with Gasteiger partial charge in [-0.2, -0.15) is 0 Å². The minimum atomic E-state index is -0.736. The predicted octanol–water partition coefficient (Wildman–Crippen LogP) is 2.04. The average molecular weight is 412 g/mol. The van der Waals surface area contributed by atoms with Gasteiger partial charge < -0.3 is 16.4 Å². The molecule has 2 amide bonds. The van der Waals surface area contributed by atoms with Gasteiger partial charge in [0.1, 0.15) is 11.6 Å². The van der Waals surface area contributed by atoms with E-state index in [9.17, 15) is 22.9 Å². The van der Waals surface area contributed by atoms with Gasteiger partial charge in [0, 0.05) is 24.6 Å². The van der Waals surface area contributed by atoms with E-state index in [0.717, 1.165) is 18.2 Å². The first-order valence-corrected chi connectivity index (χ1v) is 9.57. The van der Waals surface area contributed by atoms with Gasteiger partial charge in [0.05, 0.1) is 18.8 Å². The molecule has 0 radical (unpaired) electrons. The largest absolute Gasteiger partial charge is 0.366 e. The van der Waals surface area contributed by atoms with Gasteiger partial charge in [0.2, 0.25) is 11.8 Å². The number of hydrogen-bond acceptors (Lipinski definition) is 4. The molecule has 2 unspecified atom stereocenters. The molecule has 6 nitrogen and oxygen atoms in total. The molecule has 29 heavy (non-hydrogen) atoms. The lowest BCUT2D eigenvalue weighted by atomic mass is 9.94. The highest BCUT2D eigenvalue weighted by molar-refractivity contribution is 5.93. The van der Waals surface area contributed by atoms with Crippen molar-refractivity contribution in [2.45, 2.75) is 39.2 Å². The Morgan fingerprint density at radius 1 is 1.24 bits per heavy atom. The lowest BCUT2D eigenvalue weighted by Crippen LogP contribution is -2.47. The smallest absolute Gasteiger partial charge is 0.246 e. The van der Waals surface area contributed by atoms with E-state index in [-0.39, 0.29) is 61.1 Å². The molecule has 2 rings (SSSR count). The Bertz CT molecular complexity index is 800. The fourth-order valence-corrected chi connectivity index (χ4v) is 3.39. The Morgan fingerprint density at radius 2 is 1.93 bits per heavy atom. The third-order valence-electron chi connectivity index (χ3n) is 5.16. The molecular weight excluding hydrogens is 385 g/mol. The van der Waals surface area contributed by atoms with Crippen LogP contribution < -0.4 is 11.5 Å². The van der Waals surface area contributed by atoms with Gasteiger partial charge >= 0.3 is 0 Å². The molecule has 0 aromatic heterocycles. The van der Waals surface area contributed by atoms with Gasteiger partial charge in [-0.3, -0.25) is 9.59 Å². The van der Waals surface area contributed by atoms with E-state index in [1.54, 1.807) is 6.92 Å². The van der Waals surface area contributed by atoms with Crippen LogP contribution in [0, 0.1) is 17.6 Å². The molecule has 1 fully saturated rings. The summed E-state index contributed by atoms with van der Waals surface area (Å²) in [7, 11) is 0. The van der Waals surface area contributed by atoms with Crippen molar-refractivity contribution < 1.29 is 22.9 Å². The molecule has 2 atom stereocenters. The van der Waals surface area contributed by atoms with Crippen molar-refractivity contribution in [1.29, 1.82) is 0 Å². The molecular formula is C20H27F3N4O2. The highest BCUT2D eigenvalue weighted by atomic mass is 19.2. The van der Waals surface area contributed by atoms with Crippen LogP contribution in [0.25, 0.3) is 0 Å². The van der Waals surface area contributed by atoms with Crippen LogP contribution in [0.1, 0.15) is 32.3 Å². The summed E-state index contributed by atoms with van der Waals surface area (Å²) < 4.78 is 41.4. The first kappa shape index (κ1) is 22.7. The topological polar surface area (TPSA) is 92.7 Å². The van der Waals surface area contributed by atoms with E-state index in [4.69, 9.17) is 11.5 Å². The van der Waals surface area contributed by atoms with Crippen molar-refractivity contribution in [3.63, 3.8) is 0 Å². The van der Waals surface area contributed by atoms with E-state index in [0.29, 0.717) is 11.5 Å². The van der Waals surface area contributed by atoms with Crippen LogP contribution >= 0.6 is 0 Å². The number of carbonyl (C=O) groups excluding carboxylic acids is 2. The molecule has 1 aromatic rings. The zero-order chi connectivity index (χ0) is 21.7. The number of amides is 2. The summed E-state index contributed by atoms with van der Waals surface area (Å²) in [4.78, 5) is 25.9. The molecule has 1 aromatic carbocycles. The van der Waals surface area contributed by atoms with Gasteiger partial charge in [-0.15, -0.1) is 4.48 Å². The lowest BCUT2D eigenvalue weighted by molar-refractivity contribution is -0.134. The standard InChI is InChI=1S/C20H27F3N4O2/c1-3-12(2)19(20(25)29)17-11-26(6-7-27(17)23)18(28)10-15(24)9-13-8-14(21)4-5-16(13)22/h4-5,8,12,15H,3,6-7,9-11,24H2,1-2H3,(H2,25,29)/b19-17+. The van der Waals surface area contributed by atoms with Gasteiger partial charge in [-0.05, 0) is 42.5 Å². The van der Waals surface area contributed by atoms with Crippen molar-refractivity contribution in [3.05, 3.63) is 46.7 Å². The van der Waals surface area contributed by atoms with Crippen LogP contribution in [0.2, 0.25) is 0 Å². The quantitative estimate of drug-likeness (QED) is 0.530. The number of halogens is 3. The SMILES string of the molecule is CCC(C)/C(C(N)=O)=C1/CN(C(=O)CC(N)Cc2cc(F)ccc2F)CCN1F. The Hall–Kier alpha value is -2.55. The molecule has 0 bridgehead atoms. The number of piperazine rings is 1. The minimum absolute atomic E-state index is 0.0134. The second-order valence-corrected chi connectivity index (χ2v) is 7.34. The molecule has 0 aliphatic carbocycles. The fourth-order valence-electron chi connectivity index (χ4n) is 3.39. The van der Waals surface area contributed by atoms with Crippen molar-refractivity contribution >= 4 is 11.8 Å². The third-order valence-corrected chi connectivity index (χ3v) is 5.16. The fraction of sp³-hybridized carbons (Fsp3) is 0.500. The van der Waals surface area contributed by atoms with Gasteiger partial charge in [-0.25, -0.2) is 13.9 Å². The van der Waals surface area contributed by atoms with Gasteiger partial charge in [-0.1, -0.05) is 13.8 Å². The summed E-state index contributed by atoms with van der Waals surface area (Å²) in [5.74, 6) is -2.51. The maximum absolute atomic E-state index is 14.4. The summed E-state index contributed by atoms with van der Waals surface area (Å²) in [6, 6.07) is 2.33. The summed E-state index contributed by atoms with van der Waals surface area (Å²) in [6.07, 6.45) is 0.457. The number of nitrogens with zero attached hydrogens (tertiary/aromatic N) is 2. The number of primary amides is 1. The highest BCUT2D eigenvalue weighted by Crippen LogP contribution is 2.25. The molecule has 1 saturated heterocycles. The molecule has 1 aliphatic rings. The molecule has 0 saturated carbocycles. The van der Waals surface area contributed by atoms with Crippen molar-refractivity contribution in [1.82, 2.24) is 10.0 Å². The normalized spacial score (nSPS) is 18.4. The summed E-state index contributed by atoms with van der Waals surface area (Å²) in [5.41, 5.74) is 11.7. The average Bonchev–Trinajstić information content (AvgIpc) is 2.65. The monoisotopic (exact) mass is 412 g/mol. The summed E-state index contributed by atoms with van der Waals surface area (Å²) >= 11 is 0. The minimum Gasteiger partial charge on any atom is -0.366 e. The van der Waals surface area contributed by atoms with E-state index < -0.39 is 23.6 Å². The zero-order valence-corrected chi connectivity index (χ0v) is 16.6. The van der Waals surface area contributed by atoms with Crippen molar-refractivity contribution in [3.8, 4) is 0 Å². The van der Waals surface area contributed by atoms with E-state index >= 15 is 0 Å². The lowest BCUT2D eigenvalue weighted by Gasteiger charge is -2.35. The molecule has 0 spiro atoms. The maximum atomic E-state index is 14.4. The number of rotatable bonds is 7. The number of carbonyl (C=O) groups is 2. The first-order valence-electron chi connectivity index (χ1n) is 9.57. The number of hydrogen-bond donors (Lipinski definition) is 2. The van der Waals surface area contributed by atoms with Gasteiger partial charge in [0.25, 0.3) is 0 Å². The maximum Gasteiger partial charge on any atom is 0.246 e. The molecule has 1 aliphatic heterocycles. The third kappa shape index (κ3) is 5.72. The van der Waals surface area contributed by atoms with Crippen LogP contribution in [0.5, 0.6) is 0 Å². The Labute approximate surface area is 168 Å². The number of nitrogens with two attached hydrogens (primary N) is 2. The van der Waals surface area contributed by atoms with Gasteiger partial charge in [0.15, 0.2) is 0 Å². The van der Waals surface area contributed by atoms with E-state index in [1.165, 1.54) is 4.90 Å². The van der Waals surface area contributed by atoms with Crippen LogP contribution in [0.3, 0.4) is 0 Å². The second-order valence-electron chi connectivity index (χ2n) is 7.34. The van der Waals surface area contributed by atoms with Crippen LogP contribution in [0.15, 0.2) is 29.5 Å². The predicted molar refractivity (Wildman–Crippen MR) is 103 cm³/mol. The zero-order valence-electron chi connectivity index (χ0n) is 16.6. The van der Waals surface area contributed by atoms with E-state index in [1.807, 2.05) is 6.92 Å². The molecule has 1 heterocycles. The molecule has 9 heteroatoms. The molecule has 4 N–H and O–H groups in total. The Balaban J connectivity index is 2.10. The second kappa shape index (κ2) is 9.78. The highest BCUT2D eigenvalue weighted by Gasteiger charge is 2.31.